The zero-order chi connectivity index (χ0) is 22.8. The lowest BCUT2D eigenvalue weighted by Gasteiger charge is -2.36. The number of hydrogen-bond acceptors (Lipinski definition) is 3. The van der Waals surface area contributed by atoms with E-state index in [1.165, 1.54) is 0 Å². The molecule has 0 saturated heterocycles. The number of benzene rings is 3. The van der Waals surface area contributed by atoms with Gasteiger partial charge in [0.05, 0.1) is 12.6 Å². The smallest absolute Gasteiger partial charge is 0.378 e. The largest absolute Gasteiger partial charge is 0.462 e. The van der Waals surface area contributed by atoms with Gasteiger partial charge in [0, 0.05) is 13.1 Å². The molecule has 1 atom stereocenters. The van der Waals surface area contributed by atoms with Gasteiger partial charge in [-0.15, -0.1) is 0 Å². The van der Waals surface area contributed by atoms with Gasteiger partial charge in [0.1, 0.15) is 0 Å². The third-order valence-electron chi connectivity index (χ3n) is 5.41. The van der Waals surface area contributed by atoms with E-state index in [0.717, 1.165) is 16.7 Å². The van der Waals surface area contributed by atoms with Gasteiger partial charge < -0.3 is 4.74 Å². The monoisotopic (exact) mass is 437 g/mol. The Hall–Kier alpha value is -3.05. The van der Waals surface area contributed by atoms with Gasteiger partial charge in [0.15, 0.2) is 0 Å². The third-order valence-corrected chi connectivity index (χ3v) is 5.41. The summed E-state index contributed by atoms with van der Waals surface area (Å²) in [6, 6.07) is 27.2. The molecule has 0 aromatic heterocycles. The van der Waals surface area contributed by atoms with E-state index in [0.29, 0.717) is 19.5 Å². The van der Waals surface area contributed by atoms with E-state index in [-0.39, 0.29) is 13.0 Å². The molecule has 0 aliphatic rings. The Balaban J connectivity index is 1.94. The summed E-state index contributed by atoms with van der Waals surface area (Å²) in [5, 5.41) is 0. The first-order valence-corrected chi connectivity index (χ1v) is 10.9. The molecule has 3 rings (SSSR count). The topological polar surface area (TPSA) is 29.5 Å². The highest BCUT2D eigenvalue weighted by molar-refractivity contribution is 5.78. The van der Waals surface area contributed by atoms with Crippen molar-refractivity contribution in [2.24, 2.45) is 0 Å². The van der Waals surface area contributed by atoms with Crippen LogP contribution in [0.15, 0.2) is 91.0 Å². The summed E-state index contributed by atoms with van der Waals surface area (Å²) in [5.74, 6) is -5.11. The number of carbonyl (C=O) groups is 1. The highest BCUT2D eigenvalue weighted by atomic mass is 19.3. The molecular formula is C27H29F2NO2. The molecule has 0 aliphatic heterocycles. The fraction of sp³-hybridized carbons (Fsp3) is 0.296. The van der Waals surface area contributed by atoms with Crippen molar-refractivity contribution < 1.29 is 18.3 Å². The first-order valence-electron chi connectivity index (χ1n) is 10.9. The maximum atomic E-state index is 15.5. The van der Waals surface area contributed by atoms with Gasteiger partial charge in [-0.25, -0.2) is 4.79 Å². The van der Waals surface area contributed by atoms with E-state index in [9.17, 15) is 4.79 Å². The average Bonchev–Trinajstić information content (AvgIpc) is 2.81. The zero-order valence-corrected chi connectivity index (χ0v) is 18.3. The fourth-order valence-electron chi connectivity index (χ4n) is 3.82. The molecule has 0 heterocycles. The number of carbonyl (C=O) groups excluding carboxylic acids is 1. The van der Waals surface area contributed by atoms with Crippen LogP contribution in [0.2, 0.25) is 0 Å². The number of aryl methyl sites for hydroxylation is 1. The molecule has 3 aromatic carbocycles. The average molecular weight is 438 g/mol. The summed E-state index contributed by atoms with van der Waals surface area (Å²) in [7, 11) is 0. The number of alkyl halides is 2. The third kappa shape index (κ3) is 6.47. The first-order chi connectivity index (χ1) is 15.5. The molecule has 0 bridgehead atoms. The van der Waals surface area contributed by atoms with Crippen molar-refractivity contribution in [3.05, 3.63) is 108 Å². The predicted octanol–water partition coefficient (Wildman–Crippen LogP) is 5.89. The maximum Gasteiger partial charge on any atom is 0.378 e. The molecule has 0 fully saturated rings. The van der Waals surface area contributed by atoms with E-state index in [2.05, 4.69) is 0 Å². The minimum Gasteiger partial charge on any atom is -0.462 e. The van der Waals surface area contributed by atoms with Crippen molar-refractivity contribution >= 4 is 5.97 Å². The van der Waals surface area contributed by atoms with Crippen LogP contribution in [0.3, 0.4) is 0 Å². The molecule has 168 valence electrons. The summed E-state index contributed by atoms with van der Waals surface area (Å²) in [4.78, 5) is 14.0. The molecule has 32 heavy (non-hydrogen) atoms. The standard InChI is InChI=1S/C27H29F2NO2/c1-2-32-26(31)27(28,29)25(19-18-22-12-6-3-7-13-22)30(20-23-14-8-4-9-15-23)21-24-16-10-5-11-17-24/h3-17,25H,2,18-21H2,1H3. The van der Waals surface area contributed by atoms with Gasteiger partial charge in [0.2, 0.25) is 0 Å². The lowest BCUT2D eigenvalue weighted by atomic mass is 9.97. The molecular weight excluding hydrogens is 408 g/mol. The SMILES string of the molecule is CCOC(=O)C(F)(F)C(CCc1ccccc1)N(Cc1ccccc1)Cc1ccccc1. The molecule has 0 aliphatic carbocycles. The van der Waals surface area contributed by atoms with E-state index in [4.69, 9.17) is 4.74 Å². The minimum absolute atomic E-state index is 0.0861. The predicted molar refractivity (Wildman–Crippen MR) is 122 cm³/mol. The Morgan fingerprint density at radius 3 is 1.69 bits per heavy atom. The van der Waals surface area contributed by atoms with Crippen LogP contribution in [-0.4, -0.2) is 29.4 Å². The second-order valence-corrected chi connectivity index (χ2v) is 7.76. The van der Waals surface area contributed by atoms with Gasteiger partial charge in [-0.05, 0) is 36.5 Å². The number of halogens is 2. The Morgan fingerprint density at radius 1 is 0.812 bits per heavy atom. The quantitative estimate of drug-likeness (QED) is 0.351. The van der Waals surface area contributed by atoms with Crippen LogP contribution in [0.4, 0.5) is 8.78 Å². The molecule has 5 heteroatoms. The van der Waals surface area contributed by atoms with Crippen LogP contribution in [-0.2, 0) is 29.0 Å². The molecule has 3 aromatic rings. The minimum atomic E-state index is -3.64. The van der Waals surface area contributed by atoms with Crippen molar-refractivity contribution in [2.45, 2.75) is 44.8 Å². The fourth-order valence-corrected chi connectivity index (χ4v) is 3.82. The van der Waals surface area contributed by atoms with E-state index in [1.54, 1.807) is 11.8 Å². The van der Waals surface area contributed by atoms with Crippen LogP contribution in [0.1, 0.15) is 30.0 Å². The van der Waals surface area contributed by atoms with Crippen molar-refractivity contribution in [3.8, 4) is 0 Å². The number of ether oxygens (including phenoxy) is 1. The highest BCUT2D eigenvalue weighted by Gasteiger charge is 2.51. The lowest BCUT2D eigenvalue weighted by Crippen LogP contribution is -2.52. The summed E-state index contributed by atoms with van der Waals surface area (Å²) in [6.45, 7) is 2.05. The van der Waals surface area contributed by atoms with Crippen LogP contribution >= 0.6 is 0 Å². The van der Waals surface area contributed by atoms with Gasteiger partial charge in [-0.3, -0.25) is 4.90 Å². The Kier molecular flexibility index (Phi) is 8.51. The maximum absolute atomic E-state index is 15.5. The van der Waals surface area contributed by atoms with Crippen molar-refractivity contribution in [1.29, 1.82) is 0 Å². The molecule has 0 radical (unpaired) electrons. The number of rotatable bonds is 11. The molecule has 0 saturated carbocycles. The number of esters is 1. The van der Waals surface area contributed by atoms with Gasteiger partial charge >= 0.3 is 11.9 Å². The molecule has 0 spiro atoms. The van der Waals surface area contributed by atoms with Crippen LogP contribution in [0.25, 0.3) is 0 Å². The van der Waals surface area contributed by atoms with Crippen LogP contribution in [0.5, 0.6) is 0 Å². The summed E-state index contributed by atoms with van der Waals surface area (Å²) < 4.78 is 35.8. The molecule has 0 amide bonds. The Labute approximate surface area is 188 Å². The van der Waals surface area contributed by atoms with E-state index >= 15 is 8.78 Å². The van der Waals surface area contributed by atoms with Crippen molar-refractivity contribution in [1.82, 2.24) is 4.90 Å². The van der Waals surface area contributed by atoms with Crippen LogP contribution < -0.4 is 0 Å². The Bertz CT molecular complexity index is 908. The van der Waals surface area contributed by atoms with E-state index in [1.807, 2.05) is 91.0 Å². The second-order valence-electron chi connectivity index (χ2n) is 7.76. The zero-order valence-electron chi connectivity index (χ0n) is 18.3. The molecule has 3 nitrogen and oxygen atoms in total. The van der Waals surface area contributed by atoms with Crippen molar-refractivity contribution in [3.63, 3.8) is 0 Å². The summed E-state index contributed by atoms with van der Waals surface area (Å²) >= 11 is 0. The van der Waals surface area contributed by atoms with Crippen molar-refractivity contribution in [2.75, 3.05) is 6.61 Å². The highest BCUT2D eigenvalue weighted by Crippen LogP contribution is 2.31. The van der Waals surface area contributed by atoms with Gasteiger partial charge in [0.25, 0.3) is 0 Å². The summed E-state index contributed by atoms with van der Waals surface area (Å²) in [5.41, 5.74) is 2.78. The molecule has 1 unspecified atom stereocenters. The van der Waals surface area contributed by atoms with Gasteiger partial charge in [-0.1, -0.05) is 91.0 Å². The Morgan fingerprint density at radius 2 is 1.25 bits per heavy atom. The number of hydrogen-bond donors (Lipinski definition) is 0. The van der Waals surface area contributed by atoms with E-state index < -0.39 is 17.9 Å². The van der Waals surface area contributed by atoms with Gasteiger partial charge in [-0.2, -0.15) is 8.78 Å². The van der Waals surface area contributed by atoms with Crippen LogP contribution in [0, 0.1) is 0 Å². The number of nitrogens with zero attached hydrogens (tertiary/aromatic N) is 1. The summed E-state index contributed by atoms with van der Waals surface area (Å²) in [6.07, 6.45) is 0.552. The second kappa shape index (κ2) is 11.5. The normalized spacial score (nSPS) is 12.5. The molecule has 0 N–H and O–H groups in total. The first kappa shape index (κ1) is 23.6. The lowest BCUT2D eigenvalue weighted by molar-refractivity contribution is -0.183.